The highest BCUT2D eigenvalue weighted by Crippen LogP contribution is 2.29. The van der Waals surface area contributed by atoms with Gasteiger partial charge in [0.15, 0.2) is 0 Å². The first-order valence-electron chi connectivity index (χ1n) is 7.03. The van der Waals surface area contributed by atoms with Gasteiger partial charge in [-0.2, -0.15) is 0 Å². The predicted octanol–water partition coefficient (Wildman–Crippen LogP) is 4.35. The summed E-state index contributed by atoms with van der Waals surface area (Å²) in [5.74, 6) is 0.619. The SMILES string of the molecule is C=C(C)CN(Cc1ccc(C(C)C)cc1)C1CC1. The highest BCUT2D eigenvalue weighted by atomic mass is 15.2. The van der Waals surface area contributed by atoms with Crippen LogP contribution in [0.25, 0.3) is 0 Å². The zero-order chi connectivity index (χ0) is 13.1. The first-order valence-corrected chi connectivity index (χ1v) is 7.03. The average molecular weight is 243 g/mol. The highest BCUT2D eigenvalue weighted by Gasteiger charge is 2.28. The highest BCUT2D eigenvalue weighted by molar-refractivity contribution is 5.25. The van der Waals surface area contributed by atoms with Gasteiger partial charge in [-0.15, -0.1) is 0 Å². The molecule has 0 saturated heterocycles. The minimum absolute atomic E-state index is 0.619. The molecule has 0 bridgehead atoms. The third kappa shape index (κ3) is 3.71. The van der Waals surface area contributed by atoms with E-state index in [0.29, 0.717) is 5.92 Å². The van der Waals surface area contributed by atoms with Crippen LogP contribution in [0, 0.1) is 0 Å². The quantitative estimate of drug-likeness (QED) is 0.671. The van der Waals surface area contributed by atoms with Gasteiger partial charge in [-0.3, -0.25) is 4.90 Å². The molecule has 1 aromatic carbocycles. The van der Waals surface area contributed by atoms with Crippen molar-refractivity contribution in [1.29, 1.82) is 0 Å². The molecule has 1 nitrogen and oxygen atoms in total. The van der Waals surface area contributed by atoms with Crippen molar-refractivity contribution in [1.82, 2.24) is 4.90 Å². The Labute approximate surface area is 112 Å². The Bertz CT molecular complexity index is 398. The van der Waals surface area contributed by atoms with Gasteiger partial charge in [0.2, 0.25) is 0 Å². The van der Waals surface area contributed by atoms with Gasteiger partial charge >= 0.3 is 0 Å². The number of rotatable bonds is 6. The van der Waals surface area contributed by atoms with Gasteiger partial charge in [0, 0.05) is 19.1 Å². The smallest absolute Gasteiger partial charge is 0.0240 e. The van der Waals surface area contributed by atoms with Crippen LogP contribution in [0.5, 0.6) is 0 Å². The van der Waals surface area contributed by atoms with Crippen LogP contribution in [-0.2, 0) is 6.54 Å². The van der Waals surface area contributed by atoms with Gasteiger partial charge in [-0.1, -0.05) is 50.3 Å². The molecule has 0 aromatic heterocycles. The molecule has 0 atom stereocenters. The van der Waals surface area contributed by atoms with Crippen molar-refractivity contribution in [3.05, 3.63) is 47.5 Å². The Kier molecular flexibility index (Phi) is 4.23. The summed E-state index contributed by atoms with van der Waals surface area (Å²) in [6.45, 7) is 12.8. The molecule has 1 saturated carbocycles. The summed E-state index contributed by atoms with van der Waals surface area (Å²) in [6.07, 6.45) is 2.72. The molecular formula is C17H25N. The van der Waals surface area contributed by atoms with Gasteiger partial charge in [0.1, 0.15) is 0 Å². The molecule has 1 fully saturated rings. The number of benzene rings is 1. The summed E-state index contributed by atoms with van der Waals surface area (Å²) in [4.78, 5) is 2.56. The lowest BCUT2D eigenvalue weighted by molar-refractivity contribution is 0.277. The number of hydrogen-bond donors (Lipinski definition) is 0. The van der Waals surface area contributed by atoms with Crippen LogP contribution in [0.4, 0.5) is 0 Å². The van der Waals surface area contributed by atoms with Gasteiger partial charge in [0.25, 0.3) is 0 Å². The number of hydrogen-bond acceptors (Lipinski definition) is 1. The Morgan fingerprint density at radius 1 is 1.28 bits per heavy atom. The molecular weight excluding hydrogens is 218 g/mol. The van der Waals surface area contributed by atoms with E-state index in [1.807, 2.05) is 0 Å². The molecule has 0 unspecified atom stereocenters. The molecule has 2 rings (SSSR count). The predicted molar refractivity (Wildman–Crippen MR) is 78.8 cm³/mol. The van der Waals surface area contributed by atoms with E-state index in [0.717, 1.165) is 19.1 Å². The van der Waals surface area contributed by atoms with Crippen LogP contribution in [0.1, 0.15) is 50.7 Å². The fourth-order valence-corrected chi connectivity index (χ4v) is 2.34. The molecule has 0 radical (unpaired) electrons. The van der Waals surface area contributed by atoms with Crippen molar-refractivity contribution in [2.75, 3.05) is 6.54 Å². The second-order valence-corrected chi connectivity index (χ2v) is 5.99. The monoisotopic (exact) mass is 243 g/mol. The standard InChI is InChI=1S/C17H25N/c1-13(2)11-18(17-9-10-17)12-15-5-7-16(8-6-15)14(3)4/h5-8,14,17H,1,9-12H2,2-4H3. The van der Waals surface area contributed by atoms with Gasteiger partial charge in [-0.25, -0.2) is 0 Å². The molecule has 1 aliphatic rings. The summed E-state index contributed by atoms with van der Waals surface area (Å²) in [5.41, 5.74) is 4.12. The first-order chi connectivity index (χ1) is 8.56. The maximum atomic E-state index is 4.04. The summed E-state index contributed by atoms with van der Waals surface area (Å²) in [7, 11) is 0. The van der Waals surface area contributed by atoms with Gasteiger partial charge in [0.05, 0.1) is 0 Å². The van der Waals surface area contributed by atoms with E-state index in [2.05, 4.69) is 56.5 Å². The fraction of sp³-hybridized carbons (Fsp3) is 0.529. The largest absolute Gasteiger partial charge is 0.292 e. The van der Waals surface area contributed by atoms with E-state index in [-0.39, 0.29) is 0 Å². The minimum Gasteiger partial charge on any atom is -0.292 e. The molecule has 1 aliphatic carbocycles. The Balaban J connectivity index is 1.99. The normalized spacial score (nSPS) is 15.4. The van der Waals surface area contributed by atoms with Crippen molar-refractivity contribution in [2.45, 2.75) is 52.1 Å². The van der Waals surface area contributed by atoms with Crippen molar-refractivity contribution in [3.63, 3.8) is 0 Å². The second-order valence-electron chi connectivity index (χ2n) is 5.99. The third-order valence-electron chi connectivity index (χ3n) is 3.57. The van der Waals surface area contributed by atoms with Gasteiger partial charge < -0.3 is 0 Å². The molecule has 98 valence electrons. The lowest BCUT2D eigenvalue weighted by Crippen LogP contribution is -2.27. The van der Waals surface area contributed by atoms with Crippen LogP contribution in [0.3, 0.4) is 0 Å². The summed E-state index contributed by atoms with van der Waals surface area (Å²) in [6, 6.07) is 9.90. The maximum Gasteiger partial charge on any atom is 0.0240 e. The van der Waals surface area contributed by atoms with Crippen LogP contribution in [0.15, 0.2) is 36.4 Å². The van der Waals surface area contributed by atoms with E-state index in [9.17, 15) is 0 Å². The van der Waals surface area contributed by atoms with Crippen molar-refractivity contribution in [2.24, 2.45) is 0 Å². The van der Waals surface area contributed by atoms with E-state index in [4.69, 9.17) is 0 Å². The van der Waals surface area contributed by atoms with E-state index in [1.165, 1.54) is 29.5 Å². The molecule has 0 heterocycles. The molecule has 0 aliphatic heterocycles. The topological polar surface area (TPSA) is 3.24 Å². The second kappa shape index (κ2) is 5.71. The zero-order valence-electron chi connectivity index (χ0n) is 11.9. The fourth-order valence-electron chi connectivity index (χ4n) is 2.34. The number of nitrogens with zero attached hydrogens (tertiary/aromatic N) is 1. The third-order valence-corrected chi connectivity index (χ3v) is 3.57. The van der Waals surface area contributed by atoms with E-state index >= 15 is 0 Å². The average Bonchev–Trinajstić information content (AvgIpc) is 3.12. The van der Waals surface area contributed by atoms with Crippen molar-refractivity contribution < 1.29 is 0 Å². The first kappa shape index (κ1) is 13.4. The molecule has 0 spiro atoms. The molecule has 0 amide bonds. The minimum atomic E-state index is 0.619. The summed E-state index contributed by atoms with van der Waals surface area (Å²) in [5, 5.41) is 0. The molecule has 1 heteroatoms. The van der Waals surface area contributed by atoms with Crippen molar-refractivity contribution in [3.8, 4) is 0 Å². The molecule has 18 heavy (non-hydrogen) atoms. The van der Waals surface area contributed by atoms with Gasteiger partial charge in [-0.05, 0) is 36.8 Å². The Morgan fingerprint density at radius 3 is 2.33 bits per heavy atom. The van der Waals surface area contributed by atoms with E-state index < -0.39 is 0 Å². The van der Waals surface area contributed by atoms with Crippen LogP contribution in [0.2, 0.25) is 0 Å². The van der Waals surface area contributed by atoms with Crippen LogP contribution < -0.4 is 0 Å². The molecule has 1 aromatic rings. The Morgan fingerprint density at radius 2 is 1.89 bits per heavy atom. The Hall–Kier alpha value is -1.08. The lowest BCUT2D eigenvalue weighted by atomic mass is 10.0. The lowest BCUT2D eigenvalue weighted by Gasteiger charge is -2.22. The molecule has 0 N–H and O–H groups in total. The summed E-state index contributed by atoms with van der Waals surface area (Å²) >= 11 is 0. The maximum absolute atomic E-state index is 4.04. The van der Waals surface area contributed by atoms with Crippen LogP contribution >= 0.6 is 0 Å². The van der Waals surface area contributed by atoms with Crippen molar-refractivity contribution >= 4 is 0 Å². The zero-order valence-corrected chi connectivity index (χ0v) is 11.9. The van der Waals surface area contributed by atoms with E-state index in [1.54, 1.807) is 0 Å². The summed E-state index contributed by atoms with van der Waals surface area (Å²) < 4.78 is 0. The van der Waals surface area contributed by atoms with Crippen LogP contribution in [-0.4, -0.2) is 17.5 Å².